The predicted molar refractivity (Wildman–Crippen MR) is 118 cm³/mol. The van der Waals surface area contributed by atoms with Crippen LogP contribution < -0.4 is 4.74 Å². The minimum atomic E-state index is -0.426. The molecule has 0 radical (unpaired) electrons. The maximum Gasteiger partial charge on any atom is 0.330 e. The smallest absolute Gasteiger partial charge is 0.330 e. The molecular weight excluding hydrogens is 392 g/mol. The van der Waals surface area contributed by atoms with E-state index in [-0.39, 0.29) is 23.6 Å². The molecule has 1 fully saturated rings. The second-order valence-corrected chi connectivity index (χ2v) is 7.86. The zero-order chi connectivity index (χ0) is 22.1. The molecule has 1 saturated carbocycles. The highest BCUT2D eigenvalue weighted by Crippen LogP contribution is 2.31. The Bertz CT molecular complexity index is 893. The minimum Gasteiger partial charge on any atom is -0.462 e. The molecule has 0 atom stereocenters. The Hall–Kier alpha value is -3.21. The largest absolute Gasteiger partial charge is 0.462 e. The number of hydrogen-bond acceptors (Lipinski definition) is 5. The van der Waals surface area contributed by atoms with E-state index in [0.29, 0.717) is 38.0 Å². The van der Waals surface area contributed by atoms with Crippen molar-refractivity contribution >= 4 is 17.7 Å². The van der Waals surface area contributed by atoms with Crippen LogP contribution in [0.3, 0.4) is 0 Å². The summed E-state index contributed by atoms with van der Waals surface area (Å²) in [7, 11) is 0. The van der Waals surface area contributed by atoms with E-state index >= 15 is 0 Å². The van der Waals surface area contributed by atoms with Gasteiger partial charge in [-0.25, -0.2) is 4.79 Å². The fourth-order valence-corrected chi connectivity index (χ4v) is 3.84. The first-order valence-corrected chi connectivity index (χ1v) is 10.7. The quantitative estimate of drug-likeness (QED) is 0.340. The minimum absolute atomic E-state index is 0.00114. The normalized spacial score (nSPS) is 18.1. The number of rotatable bonds is 9. The molecule has 5 heteroatoms. The molecule has 2 aromatic carbocycles. The van der Waals surface area contributed by atoms with E-state index in [2.05, 4.69) is 6.58 Å². The Morgan fingerprint density at radius 3 is 2.13 bits per heavy atom. The van der Waals surface area contributed by atoms with E-state index in [1.807, 2.05) is 42.5 Å². The number of benzene rings is 2. The summed E-state index contributed by atoms with van der Waals surface area (Å²) in [4.78, 5) is 36.1. The SMILES string of the molecule is C=CC(=O)OCCc1ccc(CC(=O)C2CCC(C(=O)Oc3ccccc3)CC2)cc1. The summed E-state index contributed by atoms with van der Waals surface area (Å²) in [5.41, 5.74) is 2.02. The number of carbonyl (C=O) groups excluding carboxylic acids is 3. The molecule has 0 bridgehead atoms. The van der Waals surface area contributed by atoms with Crippen molar-refractivity contribution in [2.24, 2.45) is 11.8 Å². The molecule has 31 heavy (non-hydrogen) atoms. The van der Waals surface area contributed by atoms with Crippen molar-refractivity contribution in [1.82, 2.24) is 0 Å². The van der Waals surface area contributed by atoms with Crippen molar-refractivity contribution < 1.29 is 23.9 Å². The first kappa shape index (κ1) is 22.5. The van der Waals surface area contributed by atoms with Gasteiger partial charge in [0.2, 0.25) is 0 Å². The monoisotopic (exact) mass is 420 g/mol. The van der Waals surface area contributed by atoms with Gasteiger partial charge in [-0.1, -0.05) is 49.0 Å². The zero-order valence-corrected chi connectivity index (χ0v) is 17.6. The molecule has 0 aromatic heterocycles. The molecule has 0 saturated heterocycles. The lowest BCUT2D eigenvalue weighted by Gasteiger charge is -2.26. The third-order valence-corrected chi connectivity index (χ3v) is 5.68. The number of para-hydroxylation sites is 1. The molecule has 1 aliphatic carbocycles. The van der Waals surface area contributed by atoms with Gasteiger partial charge in [0.15, 0.2) is 0 Å². The summed E-state index contributed by atoms with van der Waals surface area (Å²) in [6, 6.07) is 16.9. The second kappa shape index (κ2) is 11.3. The highest BCUT2D eigenvalue weighted by atomic mass is 16.5. The van der Waals surface area contributed by atoms with Crippen molar-refractivity contribution in [3.63, 3.8) is 0 Å². The van der Waals surface area contributed by atoms with Crippen LogP contribution in [0.5, 0.6) is 5.75 Å². The maximum atomic E-state index is 12.7. The number of ketones is 1. The van der Waals surface area contributed by atoms with Crippen LogP contribution in [0.15, 0.2) is 67.3 Å². The molecule has 0 spiro atoms. The molecule has 162 valence electrons. The van der Waals surface area contributed by atoms with E-state index in [1.54, 1.807) is 12.1 Å². The van der Waals surface area contributed by atoms with Crippen LogP contribution in [0, 0.1) is 11.8 Å². The molecule has 5 nitrogen and oxygen atoms in total. The Labute approximate surface area is 183 Å². The fourth-order valence-electron chi connectivity index (χ4n) is 3.84. The van der Waals surface area contributed by atoms with Crippen LogP contribution in [0.4, 0.5) is 0 Å². The Morgan fingerprint density at radius 1 is 0.871 bits per heavy atom. The topological polar surface area (TPSA) is 69.7 Å². The van der Waals surface area contributed by atoms with E-state index in [0.717, 1.165) is 30.0 Å². The average molecular weight is 421 g/mol. The van der Waals surface area contributed by atoms with Crippen LogP contribution in [0.1, 0.15) is 36.8 Å². The summed E-state index contributed by atoms with van der Waals surface area (Å²) >= 11 is 0. The number of hydrogen-bond donors (Lipinski definition) is 0. The van der Waals surface area contributed by atoms with E-state index in [1.165, 1.54) is 0 Å². The van der Waals surface area contributed by atoms with Crippen molar-refractivity contribution in [2.75, 3.05) is 6.61 Å². The van der Waals surface area contributed by atoms with Gasteiger partial charge in [0, 0.05) is 24.8 Å². The lowest BCUT2D eigenvalue weighted by Crippen LogP contribution is -2.29. The lowest BCUT2D eigenvalue weighted by atomic mass is 9.79. The Balaban J connectivity index is 1.42. The van der Waals surface area contributed by atoms with E-state index < -0.39 is 5.97 Å². The van der Waals surface area contributed by atoms with Crippen LogP contribution in [0.25, 0.3) is 0 Å². The van der Waals surface area contributed by atoms with Crippen LogP contribution in [-0.4, -0.2) is 24.3 Å². The standard InChI is InChI=1S/C26H28O5/c1-2-25(28)30-17-16-19-8-10-20(11-9-19)18-24(27)21-12-14-22(15-13-21)26(29)31-23-6-4-3-5-7-23/h2-11,21-22H,1,12-18H2. The molecule has 3 rings (SSSR count). The summed E-state index contributed by atoms with van der Waals surface area (Å²) in [6.07, 6.45) is 4.98. The van der Waals surface area contributed by atoms with Gasteiger partial charge in [0.05, 0.1) is 12.5 Å². The third kappa shape index (κ3) is 6.92. The Kier molecular flexibility index (Phi) is 8.16. The van der Waals surface area contributed by atoms with Gasteiger partial charge in [0.1, 0.15) is 11.5 Å². The predicted octanol–water partition coefficient (Wildman–Crippen LogP) is 4.48. The van der Waals surface area contributed by atoms with Gasteiger partial charge < -0.3 is 9.47 Å². The van der Waals surface area contributed by atoms with Crippen molar-refractivity contribution in [1.29, 1.82) is 0 Å². The molecule has 1 aliphatic rings. The first-order chi connectivity index (χ1) is 15.0. The molecule has 0 heterocycles. The number of carbonyl (C=O) groups is 3. The summed E-state index contributed by atoms with van der Waals surface area (Å²) in [5.74, 6) is 0.0183. The van der Waals surface area contributed by atoms with Gasteiger partial charge in [-0.05, 0) is 48.9 Å². The number of Topliss-reactive ketones (excluding diaryl/α,β-unsaturated/α-hetero) is 1. The summed E-state index contributed by atoms with van der Waals surface area (Å²) in [6.45, 7) is 3.67. The van der Waals surface area contributed by atoms with E-state index in [4.69, 9.17) is 9.47 Å². The third-order valence-electron chi connectivity index (χ3n) is 5.68. The van der Waals surface area contributed by atoms with Crippen molar-refractivity contribution in [2.45, 2.75) is 38.5 Å². The first-order valence-electron chi connectivity index (χ1n) is 10.7. The van der Waals surface area contributed by atoms with Gasteiger partial charge >= 0.3 is 11.9 Å². The number of ether oxygens (including phenoxy) is 2. The zero-order valence-electron chi connectivity index (χ0n) is 17.6. The molecular formula is C26H28O5. The Morgan fingerprint density at radius 2 is 1.48 bits per heavy atom. The average Bonchev–Trinajstić information content (AvgIpc) is 2.80. The molecule has 0 N–H and O–H groups in total. The van der Waals surface area contributed by atoms with Gasteiger partial charge in [0.25, 0.3) is 0 Å². The van der Waals surface area contributed by atoms with Gasteiger partial charge in [-0.2, -0.15) is 0 Å². The molecule has 0 aliphatic heterocycles. The highest BCUT2D eigenvalue weighted by Gasteiger charge is 2.30. The number of esters is 2. The maximum absolute atomic E-state index is 12.7. The summed E-state index contributed by atoms with van der Waals surface area (Å²) < 4.78 is 10.4. The second-order valence-electron chi connectivity index (χ2n) is 7.86. The van der Waals surface area contributed by atoms with Gasteiger partial charge in [-0.15, -0.1) is 0 Å². The van der Waals surface area contributed by atoms with Crippen LogP contribution in [0.2, 0.25) is 0 Å². The van der Waals surface area contributed by atoms with Crippen molar-refractivity contribution in [3.05, 3.63) is 78.4 Å². The van der Waals surface area contributed by atoms with Crippen LogP contribution in [-0.2, 0) is 32.0 Å². The van der Waals surface area contributed by atoms with Gasteiger partial charge in [-0.3, -0.25) is 9.59 Å². The highest BCUT2D eigenvalue weighted by molar-refractivity contribution is 5.84. The van der Waals surface area contributed by atoms with Crippen LogP contribution >= 0.6 is 0 Å². The lowest BCUT2D eigenvalue weighted by molar-refractivity contribution is -0.141. The van der Waals surface area contributed by atoms with E-state index in [9.17, 15) is 14.4 Å². The molecule has 0 amide bonds. The van der Waals surface area contributed by atoms with Crippen molar-refractivity contribution in [3.8, 4) is 5.75 Å². The molecule has 0 unspecified atom stereocenters. The summed E-state index contributed by atoms with van der Waals surface area (Å²) in [5, 5.41) is 0. The fraction of sp³-hybridized carbons (Fsp3) is 0.346. The molecule has 2 aromatic rings.